The van der Waals surface area contributed by atoms with E-state index in [0.717, 1.165) is 0 Å². The van der Waals surface area contributed by atoms with Crippen LogP contribution in [-0.2, 0) is 4.79 Å². The Balaban J connectivity index is 1.96. The van der Waals surface area contributed by atoms with Gasteiger partial charge in [0.2, 0.25) is 0 Å². The number of aromatic hydroxyl groups is 1. The molecular weight excluding hydrogens is 524 g/mol. The summed E-state index contributed by atoms with van der Waals surface area (Å²) in [5.74, 6) is 0.607. The first-order valence-electron chi connectivity index (χ1n) is 6.88. The van der Waals surface area contributed by atoms with Crippen molar-refractivity contribution in [1.82, 2.24) is 5.43 Å². The molecule has 0 saturated carbocycles. The number of halogens is 3. The molecule has 2 N–H and O–H groups in total. The van der Waals surface area contributed by atoms with Crippen LogP contribution in [0.5, 0.6) is 17.2 Å². The molecular formula is C16H13Br3N2O4. The smallest absolute Gasteiger partial charge is 0.277 e. The van der Waals surface area contributed by atoms with Crippen molar-refractivity contribution in [2.24, 2.45) is 5.10 Å². The van der Waals surface area contributed by atoms with Gasteiger partial charge in [-0.25, -0.2) is 5.43 Å². The van der Waals surface area contributed by atoms with E-state index in [-0.39, 0.29) is 12.4 Å². The number of hydrogen-bond donors (Lipinski definition) is 2. The van der Waals surface area contributed by atoms with Gasteiger partial charge in [-0.05, 0) is 50.1 Å². The molecule has 2 rings (SSSR count). The molecule has 0 fully saturated rings. The Kier molecular flexibility index (Phi) is 7.27. The number of ether oxygens (including phenoxy) is 2. The summed E-state index contributed by atoms with van der Waals surface area (Å²) in [6.45, 7) is -0.217. The third kappa shape index (κ3) is 5.20. The number of carbonyl (C=O) groups excluding carboxylic acids is 1. The fourth-order valence-corrected chi connectivity index (χ4v) is 4.12. The lowest BCUT2D eigenvalue weighted by atomic mass is 10.2. The Morgan fingerprint density at radius 1 is 1.24 bits per heavy atom. The maximum absolute atomic E-state index is 11.8. The number of nitrogens with zero attached hydrogens (tertiary/aromatic N) is 1. The average Bonchev–Trinajstić information content (AvgIpc) is 2.61. The van der Waals surface area contributed by atoms with E-state index in [1.807, 2.05) is 0 Å². The third-order valence-electron chi connectivity index (χ3n) is 2.99. The summed E-state index contributed by atoms with van der Waals surface area (Å²) >= 11 is 9.86. The molecule has 9 heteroatoms. The molecule has 0 bridgehead atoms. The van der Waals surface area contributed by atoms with E-state index in [2.05, 4.69) is 58.3 Å². The predicted octanol–water partition coefficient (Wildman–Crippen LogP) is 4.22. The first-order chi connectivity index (χ1) is 11.9. The van der Waals surface area contributed by atoms with Crippen molar-refractivity contribution in [3.63, 3.8) is 0 Å². The van der Waals surface area contributed by atoms with Crippen molar-refractivity contribution in [2.45, 2.75) is 0 Å². The summed E-state index contributed by atoms with van der Waals surface area (Å²) in [6.07, 6.45) is 1.40. The van der Waals surface area contributed by atoms with Crippen LogP contribution in [0.25, 0.3) is 0 Å². The molecule has 2 aromatic carbocycles. The minimum Gasteiger partial charge on any atom is -0.506 e. The Morgan fingerprint density at radius 2 is 1.92 bits per heavy atom. The Hall–Kier alpha value is -1.58. The van der Waals surface area contributed by atoms with E-state index < -0.39 is 5.91 Å². The molecule has 0 saturated heterocycles. The van der Waals surface area contributed by atoms with Gasteiger partial charge >= 0.3 is 0 Å². The number of para-hydroxylation sites is 2. The van der Waals surface area contributed by atoms with Gasteiger partial charge in [-0.2, -0.15) is 5.10 Å². The van der Waals surface area contributed by atoms with Crippen LogP contribution in [0.1, 0.15) is 5.56 Å². The molecule has 1 amide bonds. The van der Waals surface area contributed by atoms with Gasteiger partial charge in [-0.3, -0.25) is 4.79 Å². The van der Waals surface area contributed by atoms with Crippen LogP contribution in [0.15, 0.2) is 48.9 Å². The number of phenolic OH excluding ortho intramolecular Hbond substituents is 1. The molecule has 0 atom stereocenters. The maximum Gasteiger partial charge on any atom is 0.277 e. The number of phenols is 1. The highest BCUT2D eigenvalue weighted by atomic mass is 79.9. The van der Waals surface area contributed by atoms with Gasteiger partial charge in [0.25, 0.3) is 5.91 Å². The van der Waals surface area contributed by atoms with Crippen molar-refractivity contribution in [2.75, 3.05) is 13.7 Å². The lowest BCUT2D eigenvalue weighted by Gasteiger charge is -2.09. The van der Waals surface area contributed by atoms with Crippen LogP contribution in [0.3, 0.4) is 0 Å². The second-order valence-electron chi connectivity index (χ2n) is 4.65. The molecule has 0 unspecified atom stereocenters. The summed E-state index contributed by atoms with van der Waals surface area (Å²) in [4.78, 5) is 11.8. The van der Waals surface area contributed by atoms with Gasteiger partial charge in [-0.15, -0.1) is 0 Å². The van der Waals surface area contributed by atoms with E-state index >= 15 is 0 Å². The zero-order valence-corrected chi connectivity index (χ0v) is 17.7. The number of benzene rings is 2. The summed E-state index contributed by atoms with van der Waals surface area (Å²) in [5.41, 5.74) is 2.93. The largest absolute Gasteiger partial charge is 0.506 e. The Morgan fingerprint density at radius 3 is 2.60 bits per heavy atom. The topological polar surface area (TPSA) is 80.2 Å². The SMILES string of the molecule is COc1ccccc1OCC(=O)N/N=C/c1c(Br)cc(Br)c(O)c1Br. The van der Waals surface area contributed by atoms with Gasteiger partial charge in [0.1, 0.15) is 5.75 Å². The number of hydrogen-bond acceptors (Lipinski definition) is 5. The molecule has 6 nitrogen and oxygen atoms in total. The Labute approximate surface area is 169 Å². The van der Waals surface area contributed by atoms with Crippen LogP contribution in [0.4, 0.5) is 0 Å². The summed E-state index contributed by atoms with van der Waals surface area (Å²) in [5, 5.41) is 13.8. The lowest BCUT2D eigenvalue weighted by Crippen LogP contribution is -2.24. The predicted molar refractivity (Wildman–Crippen MR) is 105 cm³/mol. The van der Waals surface area contributed by atoms with Crippen LogP contribution in [-0.4, -0.2) is 30.9 Å². The second kappa shape index (κ2) is 9.21. The van der Waals surface area contributed by atoms with Crippen LogP contribution >= 0.6 is 47.8 Å². The van der Waals surface area contributed by atoms with E-state index in [1.165, 1.54) is 13.3 Å². The molecule has 0 aromatic heterocycles. The minimum absolute atomic E-state index is 0.0375. The summed E-state index contributed by atoms with van der Waals surface area (Å²) in [6, 6.07) is 8.70. The quantitative estimate of drug-likeness (QED) is 0.428. The molecule has 0 aliphatic rings. The lowest BCUT2D eigenvalue weighted by molar-refractivity contribution is -0.123. The normalized spacial score (nSPS) is 10.7. The van der Waals surface area contributed by atoms with Crippen molar-refractivity contribution < 1.29 is 19.4 Å². The van der Waals surface area contributed by atoms with Crippen LogP contribution in [0, 0.1) is 0 Å². The Bertz CT molecular complexity index is 812. The standard InChI is InChI=1S/C16H13Br3N2O4/c1-24-12-4-2-3-5-13(12)25-8-14(22)21-20-7-9-10(17)6-11(18)16(23)15(9)19/h2-7,23H,8H2,1H3,(H,21,22)/b20-7+. The van der Waals surface area contributed by atoms with Gasteiger partial charge in [-0.1, -0.05) is 28.1 Å². The number of rotatable bonds is 6. The number of carbonyl (C=O) groups is 1. The molecule has 0 spiro atoms. The second-order valence-corrected chi connectivity index (χ2v) is 7.15. The molecule has 25 heavy (non-hydrogen) atoms. The van der Waals surface area contributed by atoms with Gasteiger partial charge in [0.05, 0.1) is 22.3 Å². The summed E-state index contributed by atoms with van der Waals surface area (Å²) in [7, 11) is 1.52. The molecule has 0 aliphatic carbocycles. The van der Waals surface area contributed by atoms with Crippen LogP contribution in [0.2, 0.25) is 0 Å². The highest BCUT2D eigenvalue weighted by Gasteiger charge is 2.12. The van der Waals surface area contributed by atoms with Gasteiger partial charge < -0.3 is 14.6 Å². The number of amides is 1. The fraction of sp³-hybridized carbons (Fsp3) is 0.125. The van der Waals surface area contributed by atoms with Crippen molar-refractivity contribution in [3.05, 3.63) is 49.3 Å². The zero-order valence-electron chi connectivity index (χ0n) is 12.9. The van der Waals surface area contributed by atoms with Crippen molar-refractivity contribution >= 4 is 59.9 Å². The average molecular weight is 537 g/mol. The highest BCUT2D eigenvalue weighted by Crippen LogP contribution is 2.38. The molecule has 132 valence electrons. The first kappa shape index (κ1) is 19.7. The fourth-order valence-electron chi connectivity index (χ4n) is 1.80. The summed E-state index contributed by atoms with van der Waals surface area (Å²) < 4.78 is 12.2. The van der Waals surface area contributed by atoms with Gasteiger partial charge in [0, 0.05) is 10.0 Å². The molecule has 0 radical (unpaired) electrons. The van der Waals surface area contributed by atoms with E-state index in [0.29, 0.717) is 30.5 Å². The zero-order chi connectivity index (χ0) is 18.4. The van der Waals surface area contributed by atoms with Crippen molar-refractivity contribution in [1.29, 1.82) is 0 Å². The van der Waals surface area contributed by atoms with Crippen LogP contribution < -0.4 is 14.9 Å². The van der Waals surface area contributed by atoms with Crippen molar-refractivity contribution in [3.8, 4) is 17.2 Å². The molecule has 0 aliphatic heterocycles. The third-order valence-corrected chi connectivity index (χ3v) is 5.06. The van der Waals surface area contributed by atoms with E-state index in [9.17, 15) is 9.90 Å². The number of nitrogens with one attached hydrogen (secondary N) is 1. The van der Waals surface area contributed by atoms with E-state index in [4.69, 9.17) is 9.47 Å². The maximum atomic E-state index is 11.8. The first-order valence-corrected chi connectivity index (χ1v) is 9.26. The highest BCUT2D eigenvalue weighted by molar-refractivity contribution is 9.11. The van der Waals surface area contributed by atoms with Gasteiger partial charge in [0.15, 0.2) is 18.1 Å². The monoisotopic (exact) mass is 534 g/mol. The molecule has 0 heterocycles. The minimum atomic E-state index is -0.435. The van der Waals surface area contributed by atoms with E-state index in [1.54, 1.807) is 30.3 Å². The molecule has 2 aromatic rings. The number of hydrazone groups is 1. The number of methoxy groups -OCH3 is 1.